The maximum Gasteiger partial charge on any atom is 0.196 e. The fourth-order valence-corrected chi connectivity index (χ4v) is 4.35. The molecule has 1 aliphatic rings. The molecule has 0 radical (unpaired) electrons. The van der Waals surface area contributed by atoms with Gasteiger partial charge in [-0.2, -0.15) is 0 Å². The van der Waals surface area contributed by atoms with Crippen LogP contribution in [-0.2, 0) is 6.42 Å². The first-order chi connectivity index (χ1) is 11.3. The molecular weight excluding hydrogens is 302 g/mol. The third kappa shape index (κ3) is 2.47. The lowest BCUT2D eigenvalue weighted by Gasteiger charge is -2.27. The lowest BCUT2D eigenvalue weighted by atomic mass is 10.00. The van der Waals surface area contributed by atoms with Gasteiger partial charge < -0.3 is 0 Å². The number of aryl methyl sites for hydroxylation is 2. The van der Waals surface area contributed by atoms with Crippen LogP contribution in [0, 0.1) is 6.92 Å². The average Bonchev–Trinajstić information content (AvgIpc) is 2.98. The van der Waals surface area contributed by atoms with Gasteiger partial charge in [-0.15, -0.1) is 10.2 Å². The van der Waals surface area contributed by atoms with E-state index in [0.717, 1.165) is 23.8 Å². The topological polar surface area (TPSA) is 30.7 Å². The lowest BCUT2D eigenvalue weighted by molar-refractivity contribution is 0.769. The van der Waals surface area contributed by atoms with E-state index in [9.17, 15) is 0 Å². The molecule has 2 heterocycles. The van der Waals surface area contributed by atoms with Crippen molar-refractivity contribution in [2.24, 2.45) is 0 Å². The molecule has 1 aromatic heterocycles. The normalized spacial score (nSPS) is 16.0. The second kappa shape index (κ2) is 5.85. The molecule has 4 heteroatoms. The van der Waals surface area contributed by atoms with E-state index < -0.39 is 0 Å². The number of rotatable bonds is 3. The van der Waals surface area contributed by atoms with Crippen LogP contribution in [0.5, 0.6) is 0 Å². The van der Waals surface area contributed by atoms with Crippen molar-refractivity contribution in [2.45, 2.75) is 37.1 Å². The third-order valence-corrected chi connectivity index (χ3v) is 5.44. The first-order valence-electron chi connectivity index (χ1n) is 8.04. The van der Waals surface area contributed by atoms with Crippen LogP contribution < -0.4 is 0 Å². The highest BCUT2D eigenvalue weighted by Crippen LogP contribution is 2.47. The summed E-state index contributed by atoms with van der Waals surface area (Å²) >= 11 is 1.80. The van der Waals surface area contributed by atoms with Gasteiger partial charge in [0.1, 0.15) is 5.82 Å². The molecule has 1 unspecified atom stereocenters. The summed E-state index contributed by atoms with van der Waals surface area (Å²) in [6.45, 7) is 4.34. The fourth-order valence-electron chi connectivity index (χ4n) is 3.14. The zero-order valence-electron chi connectivity index (χ0n) is 13.4. The SMILES string of the molecule is CCCc1nnc2n1-c1ccc(C)cc1C(c1ccccc1)S2. The van der Waals surface area contributed by atoms with Gasteiger partial charge in [-0.05, 0) is 30.5 Å². The van der Waals surface area contributed by atoms with Gasteiger partial charge in [0.25, 0.3) is 0 Å². The van der Waals surface area contributed by atoms with Crippen LogP contribution >= 0.6 is 11.8 Å². The van der Waals surface area contributed by atoms with Crippen LogP contribution in [0.1, 0.15) is 41.1 Å². The van der Waals surface area contributed by atoms with Crippen molar-refractivity contribution in [1.82, 2.24) is 14.8 Å². The molecule has 0 N–H and O–H groups in total. The molecule has 1 atom stereocenters. The maximum absolute atomic E-state index is 4.45. The van der Waals surface area contributed by atoms with E-state index in [-0.39, 0.29) is 5.25 Å². The van der Waals surface area contributed by atoms with Crippen molar-refractivity contribution >= 4 is 11.8 Å². The summed E-state index contributed by atoms with van der Waals surface area (Å²) in [6.07, 6.45) is 2.03. The molecule has 4 rings (SSSR count). The molecule has 0 saturated heterocycles. The summed E-state index contributed by atoms with van der Waals surface area (Å²) in [7, 11) is 0. The summed E-state index contributed by atoms with van der Waals surface area (Å²) in [4.78, 5) is 0. The summed E-state index contributed by atoms with van der Waals surface area (Å²) in [5.74, 6) is 1.06. The minimum Gasteiger partial charge on any atom is -0.274 e. The highest BCUT2D eigenvalue weighted by molar-refractivity contribution is 7.99. The maximum atomic E-state index is 4.45. The zero-order chi connectivity index (χ0) is 15.8. The minimum absolute atomic E-state index is 0.275. The molecule has 116 valence electrons. The summed E-state index contributed by atoms with van der Waals surface area (Å²) in [5.41, 5.74) is 5.19. The van der Waals surface area contributed by atoms with Crippen molar-refractivity contribution in [2.75, 3.05) is 0 Å². The average molecular weight is 321 g/mol. The van der Waals surface area contributed by atoms with E-state index in [1.165, 1.54) is 22.4 Å². The van der Waals surface area contributed by atoms with E-state index in [1.54, 1.807) is 11.8 Å². The Kier molecular flexibility index (Phi) is 3.69. The molecule has 0 bridgehead atoms. The molecule has 3 nitrogen and oxygen atoms in total. The number of hydrogen-bond donors (Lipinski definition) is 0. The number of benzene rings is 2. The first-order valence-corrected chi connectivity index (χ1v) is 8.92. The molecule has 23 heavy (non-hydrogen) atoms. The molecule has 0 fully saturated rings. The minimum atomic E-state index is 0.275. The number of hydrogen-bond acceptors (Lipinski definition) is 3. The molecule has 0 spiro atoms. The predicted octanol–water partition coefficient (Wildman–Crippen LogP) is 4.72. The van der Waals surface area contributed by atoms with Gasteiger partial charge in [0, 0.05) is 6.42 Å². The molecular formula is C19H19N3S. The van der Waals surface area contributed by atoms with E-state index >= 15 is 0 Å². The number of nitrogens with zero attached hydrogens (tertiary/aromatic N) is 3. The van der Waals surface area contributed by atoms with Crippen molar-refractivity contribution in [3.05, 3.63) is 71.0 Å². The molecule has 1 aliphatic heterocycles. The van der Waals surface area contributed by atoms with E-state index in [0.29, 0.717) is 0 Å². The predicted molar refractivity (Wildman–Crippen MR) is 94.2 cm³/mol. The van der Waals surface area contributed by atoms with Crippen molar-refractivity contribution in [1.29, 1.82) is 0 Å². The Morgan fingerprint density at radius 3 is 2.70 bits per heavy atom. The van der Waals surface area contributed by atoms with Crippen LogP contribution in [0.25, 0.3) is 5.69 Å². The van der Waals surface area contributed by atoms with Crippen molar-refractivity contribution in [3.8, 4) is 5.69 Å². The highest BCUT2D eigenvalue weighted by Gasteiger charge is 2.29. The van der Waals surface area contributed by atoms with Gasteiger partial charge in [-0.3, -0.25) is 4.57 Å². The van der Waals surface area contributed by atoms with Gasteiger partial charge in [0.2, 0.25) is 0 Å². The quantitative estimate of drug-likeness (QED) is 0.699. The third-order valence-electron chi connectivity index (χ3n) is 4.21. The molecule has 0 amide bonds. The van der Waals surface area contributed by atoms with Crippen LogP contribution in [-0.4, -0.2) is 14.8 Å². The second-order valence-corrected chi connectivity index (χ2v) is 7.03. The van der Waals surface area contributed by atoms with Gasteiger partial charge in [-0.25, -0.2) is 0 Å². The molecule has 0 saturated carbocycles. The van der Waals surface area contributed by atoms with Gasteiger partial charge in [-0.1, -0.05) is 66.7 Å². The van der Waals surface area contributed by atoms with Gasteiger partial charge >= 0.3 is 0 Å². The van der Waals surface area contributed by atoms with Crippen LogP contribution in [0.4, 0.5) is 0 Å². The Balaban J connectivity index is 1.90. The molecule has 3 aromatic rings. The van der Waals surface area contributed by atoms with E-state index in [2.05, 4.69) is 77.1 Å². The van der Waals surface area contributed by atoms with Gasteiger partial charge in [0.05, 0.1) is 10.9 Å². The number of thioether (sulfide) groups is 1. The second-order valence-electron chi connectivity index (χ2n) is 5.96. The van der Waals surface area contributed by atoms with Crippen LogP contribution in [0.3, 0.4) is 0 Å². The molecule has 2 aromatic carbocycles. The molecule has 0 aliphatic carbocycles. The number of aromatic nitrogens is 3. The Hall–Kier alpha value is -2.07. The zero-order valence-corrected chi connectivity index (χ0v) is 14.2. The smallest absolute Gasteiger partial charge is 0.196 e. The Morgan fingerprint density at radius 1 is 1.09 bits per heavy atom. The van der Waals surface area contributed by atoms with E-state index in [4.69, 9.17) is 0 Å². The Bertz CT molecular complexity index is 839. The van der Waals surface area contributed by atoms with Crippen molar-refractivity contribution in [3.63, 3.8) is 0 Å². The highest BCUT2D eigenvalue weighted by atomic mass is 32.2. The fraction of sp³-hybridized carbons (Fsp3) is 0.263. The Labute approximate surface area is 140 Å². The summed E-state index contributed by atoms with van der Waals surface area (Å²) in [6, 6.07) is 17.4. The lowest BCUT2D eigenvalue weighted by Crippen LogP contribution is -2.13. The monoisotopic (exact) mass is 321 g/mol. The van der Waals surface area contributed by atoms with E-state index in [1.807, 2.05) is 0 Å². The number of fused-ring (bicyclic) bond motifs is 3. The largest absolute Gasteiger partial charge is 0.274 e. The van der Waals surface area contributed by atoms with Crippen LogP contribution in [0.2, 0.25) is 0 Å². The first kappa shape index (κ1) is 14.5. The summed E-state index contributed by atoms with van der Waals surface area (Å²) in [5, 5.41) is 10.2. The van der Waals surface area contributed by atoms with Crippen molar-refractivity contribution < 1.29 is 0 Å². The standard InChI is InChI=1S/C19H19N3S/c1-3-7-17-20-21-19-22(17)16-11-10-13(2)12-15(16)18(23-19)14-8-5-4-6-9-14/h4-6,8-12,18H,3,7H2,1-2H3. The Morgan fingerprint density at radius 2 is 1.91 bits per heavy atom. The van der Waals surface area contributed by atoms with Crippen LogP contribution in [0.15, 0.2) is 53.7 Å². The summed E-state index contributed by atoms with van der Waals surface area (Å²) < 4.78 is 2.24. The van der Waals surface area contributed by atoms with Gasteiger partial charge in [0.15, 0.2) is 5.16 Å².